The second-order valence-electron chi connectivity index (χ2n) is 3.31. The molecule has 0 radical (unpaired) electrons. The van der Waals surface area contributed by atoms with Gasteiger partial charge in [0, 0.05) is 22.7 Å². The van der Waals surface area contributed by atoms with E-state index in [4.69, 9.17) is 12.2 Å². The predicted octanol–water partition coefficient (Wildman–Crippen LogP) is 2.95. The van der Waals surface area contributed by atoms with Crippen LogP contribution in [0.2, 0.25) is 0 Å². The number of hydrogen-bond donors (Lipinski definition) is 0. The standard InChI is InChI=1S/C12H7NS/c14-12-10-6-2-4-8-3-1-5-9(7-13-12)11(8)10/h1-7H. The molecule has 3 rings (SSSR count). The second kappa shape index (κ2) is 2.72. The van der Waals surface area contributed by atoms with Crippen molar-refractivity contribution in [3.05, 3.63) is 47.5 Å². The molecule has 0 aromatic heterocycles. The van der Waals surface area contributed by atoms with Crippen LogP contribution < -0.4 is 0 Å². The maximum Gasteiger partial charge on any atom is 0.134 e. The summed E-state index contributed by atoms with van der Waals surface area (Å²) in [6.07, 6.45) is 1.84. The summed E-state index contributed by atoms with van der Waals surface area (Å²) in [7, 11) is 0. The first-order valence-corrected chi connectivity index (χ1v) is 4.87. The summed E-state index contributed by atoms with van der Waals surface area (Å²) in [4.78, 5) is 4.89. The fourth-order valence-corrected chi connectivity index (χ4v) is 2.08. The molecule has 2 heteroatoms. The highest BCUT2D eigenvalue weighted by Crippen LogP contribution is 2.25. The smallest absolute Gasteiger partial charge is 0.134 e. The summed E-state index contributed by atoms with van der Waals surface area (Å²) < 4.78 is 0. The molecule has 2 aromatic rings. The maximum absolute atomic E-state index is 5.20. The van der Waals surface area contributed by atoms with Gasteiger partial charge >= 0.3 is 0 Å². The number of nitrogens with zero attached hydrogens (tertiary/aromatic N) is 1. The first-order valence-electron chi connectivity index (χ1n) is 4.46. The fraction of sp³-hybridized carbons (Fsp3) is 0. The molecule has 0 N–H and O–H groups in total. The summed E-state index contributed by atoms with van der Waals surface area (Å²) in [5, 5.41) is 2.46. The van der Waals surface area contributed by atoms with Crippen LogP contribution >= 0.6 is 12.2 Å². The predicted molar refractivity (Wildman–Crippen MR) is 63.2 cm³/mol. The third-order valence-electron chi connectivity index (χ3n) is 2.49. The van der Waals surface area contributed by atoms with E-state index >= 15 is 0 Å². The quantitative estimate of drug-likeness (QED) is 0.591. The van der Waals surface area contributed by atoms with Crippen molar-refractivity contribution in [1.29, 1.82) is 0 Å². The van der Waals surface area contributed by atoms with Crippen molar-refractivity contribution in [1.82, 2.24) is 0 Å². The highest BCUT2D eigenvalue weighted by Gasteiger charge is 2.11. The largest absolute Gasteiger partial charge is 0.244 e. The number of hydrogen-bond acceptors (Lipinski definition) is 1. The van der Waals surface area contributed by atoms with E-state index in [-0.39, 0.29) is 0 Å². The van der Waals surface area contributed by atoms with Crippen LogP contribution in [0.5, 0.6) is 0 Å². The van der Waals surface area contributed by atoms with Gasteiger partial charge in [-0.25, -0.2) is 4.99 Å². The van der Waals surface area contributed by atoms with Crippen LogP contribution in [0.25, 0.3) is 10.8 Å². The van der Waals surface area contributed by atoms with Crippen LogP contribution in [-0.2, 0) is 0 Å². The van der Waals surface area contributed by atoms with E-state index in [1.807, 2.05) is 24.4 Å². The molecular weight excluding hydrogens is 190 g/mol. The Labute approximate surface area is 87.1 Å². The minimum Gasteiger partial charge on any atom is -0.244 e. The lowest BCUT2D eigenvalue weighted by Gasteiger charge is -2.11. The van der Waals surface area contributed by atoms with Crippen molar-refractivity contribution in [2.24, 2.45) is 4.99 Å². The average molecular weight is 197 g/mol. The average Bonchev–Trinajstić information content (AvgIpc) is 2.24. The molecule has 1 aliphatic rings. The van der Waals surface area contributed by atoms with Crippen LogP contribution in [0.4, 0.5) is 0 Å². The Morgan fingerprint density at radius 2 is 1.79 bits per heavy atom. The second-order valence-corrected chi connectivity index (χ2v) is 3.70. The van der Waals surface area contributed by atoms with Crippen molar-refractivity contribution in [3.8, 4) is 0 Å². The first kappa shape index (κ1) is 7.83. The Morgan fingerprint density at radius 1 is 1.00 bits per heavy atom. The molecule has 1 heterocycles. The van der Waals surface area contributed by atoms with Gasteiger partial charge in [-0.1, -0.05) is 48.6 Å². The van der Waals surface area contributed by atoms with Gasteiger partial charge in [-0.05, 0) is 5.39 Å². The highest BCUT2D eigenvalue weighted by atomic mass is 32.1. The molecule has 0 bridgehead atoms. The molecule has 66 valence electrons. The summed E-state index contributed by atoms with van der Waals surface area (Å²) in [6.45, 7) is 0. The van der Waals surface area contributed by atoms with Gasteiger partial charge in [0.2, 0.25) is 0 Å². The van der Waals surface area contributed by atoms with Gasteiger partial charge in [-0.2, -0.15) is 0 Å². The summed E-state index contributed by atoms with van der Waals surface area (Å²) in [5.74, 6) is 0. The van der Waals surface area contributed by atoms with Gasteiger partial charge < -0.3 is 0 Å². The van der Waals surface area contributed by atoms with Gasteiger partial charge in [0.25, 0.3) is 0 Å². The first-order chi connectivity index (χ1) is 6.86. The van der Waals surface area contributed by atoms with Crippen molar-refractivity contribution in [3.63, 3.8) is 0 Å². The lowest BCUT2D eigenvalue weighted by molar-refractivity contribution is 1.61. The molecule has 0 fully saturated rings. The molecule has 0 saturated carbocycles. The van der Waals surface area contributed by atoms with Crippen LogP contribution in [-0.4, -0.2) is 11.2 Å². The number of thiocarbonyl (C=S) groups is 1. The van der Waals surface area contributed by atoms with E-state index in [0.717, 1.165) is 11.1 Å². The van der Waals surface area contributed by atoms with E-state index in [0.29, 0.717) is 4.99 Å². The molecule has 0 aliphatic carbocycles. The zero-order valence-corrected chi connectivity index (χ0v) is 8.21. The third kappa shape index (κ3) is 0.946. The van der Waals surface area contributed by atoms with Crippen LogP contribution in [0.3, 0.4) is 0 Å². The monoisotopic (exact) mass is 197 g/mol. The Balaban J connectivity index is 2.58. The van der Waals surface area contributed by atoms with Gasteiger partial charge in [-0.3, -0.25) is 0 Å². The van der Waals surface area contributed by atoms with E-state index in [1.54, 1.807) is 0 Å². The fourth-order valence-electron chi connectivity index (χ4n) is 1.85. The van der Waals surface area contributed by atoms with Gasteiger partial charge in [0.05, 0.1) is 0 Å². The summed E-state index contributed by atoms with van der Waals surface area (Å²) in [6, 6.07) is 12.4. The molecular formula is C12H7NS. The molecule has 0 spiro atoms. The molecule has 0 atom stereocenters. The molecule has 0 unspecified atom stereocenters. The molecule has 2 aromatic carbocycles. The molecule has 1 aliphatic heterocycles. The number of rotatable bonds is 0. The Bertz CT molecular complexity index is 564. The normalized spacial score (nSPS) is 13.6. The SMILES string of the molecule is S=C1N=Cc2cccc3cccc1c23. The van der Waals surface area contributed by atoms with Crippen molar-refractivity contribution >= 4 is 34.2 Å². The zero-order chi connectivity index (χ0) is 9.54. The molecule has 0 saturated heterocycles. The molecule has 1 nitrogen and oxygen atoms in total. The van der Waals surface area contributed by atoms with Crippen LogP contribution in [0.15, 0.2) is 41.4 Å². The zero-order valence-electron chi connectivity index (χ0n) is 7.40. The third-order valence-corrected chi connectivity index (χ3v) is 2.81. The van der Waals surface area contributed by atoms with Gasteiger partial charge in [-0.15, -0.1) is 0 Å². The summed E-state index contributed by atoms with van der Waals surface area (Å²) >= 11 is 5.20. The number of aliphatic imine (C=N–C) groups is 1. The lowest BCUT2D eigenvalue weighted by atomic mass is 9.98. The molecule has 0 amide bonds. The van der Waals surface area contributed by atoms with Crippen molar-refractivity contribution in [2.75, 3.05) is 0 Å². The van der Waals surface area contributed by atoms with Crippen LogP contribution in [0, 0.1) is 0 Å². The van der Waals surface area contributed by atoms with Crippen molar-refractivity contribution < 1.29 is 0 Å². The Morgan fingerprint density at radius 3 is 2.64 bits per heavy atom. The minimum atomic E-state index is 0.689. The van der Waals surface area contributed by atoms with E-state index in [1.165, 1.54) is 10.8 Å². The van der Waals surface area contributed by atoms with E-state index in [2.05, 4.69) is 23.2 Å². The van der Waals surface area contributed by atoms with Crippen LogP contribution in [0.1, 0.15) is 11.1 Å². The van der Waals surface area contributed by atoms with E-state index < -0.39 is 0 Å². The van der Waals surface area contributed by atoms with Gasteiger partial charge in [0.15, 0.2) is 0 Å². The maximum atomic E-state index is 5.20. The van der Waals surface area contributed by atoms with Crippen molar-refractivity contribution in [2.45, 2.75) is 0 Å². The molecule has 14 heavy (non-hydrogen) atoms. The minimum absolute atomic E-state index is 0.689. The lowest BCUT2D eigenvalue weighted by Crippen LogP contribution is -2.03. The Hall–Kier alpha value is -1.54. The highest BCUT2D eigenvalue weighted by molar-refractivity contribution is 7.80. The van der Waals surface area contributed by atoms with Gasteiger partial charge in [0.1, 0.15) is 4.99 Å². The topological polar surface area (TPSA) is 12.4 Å². The summed E-state index contributed by atoms with van der Waals surface area (Å²) in [5.41, 5.74) is 2.24. The Kier molecular flexibility index (Phi) is 1.52. The van der Waals surface area contributed by atoms with E-state index in [9.17, 15) is 0 Å². The number of benzene rings is 2.